The van der Waals surface area contributed by atoms with Gasteiger partial charge < -0.3 is 19.9 Å². The predicted octanol–water partition coefficient (Wildman–Crippen LogP) is 2.57. The molecule has 1 aromatic rings. The van der Waals surface area contributed by atoms with Crippen LogP contribution in [0, 0.1) is 5.92 Å². The van der Waals surface area contributed by atoms with Crippen molar-refractivity contribution in [2.75, 3.05) is 33.3 Å². The van der Waals surface area contributed by atoms with Gasteiger partial charge in [-0.15, -0.1) is 0 Å². The molecule has 142 valence electrons. The van der Waals surface area contributed by atoms with Gasteiger partial charge in [0.05, 0.1) is 7.11 Å². The van der Waals surface area contributed by atoms with Crippen LogP contribution in [0.15, 0.2) is 36.5 Å². The Balaban J connectivity index is 1.85. The molecule has 6 heteroatoms. The second-order valence-corrected chi connectivity index (χ2v) is 6.59. The molecule has 2 atom stereocenters. The molecule has 1 N–H and O–H groups in total. The van der Waals surface area contributed by atoms with Crippen LogP contribution < -0.4 is 5.32 Å². The number of nitrogens with zero attached hydrogens (tertiary/aromatic N) is 2. The quantitative estimate of drug-likeness (QED) is 0.793. The molecular formula is C20H29N3O3. The van der Waals surface area contributed by atoms with E-state index in [-0.39, 0.29) is 11.9 Å². The summed E-state index contributed by atoms with van der Waals surface area (Å²) in [5.74, 6) is -0.362. The number of hydrogen-bond acceptors (Lipinski definition) is 4. The normalized spacial score (nSPS) is 17.0. The summed E-state index contributed by atoms with van der Waals surface area (Å²) >= 11 is 0. The van der Waals surface area contributed by atoms with Crippen molar-refractivity contribution in [3.63, 3.8) is 0 Å². The van der Waals surface area contributed by atoms with E-state index in [0.29, 0.717) is 13.1 Å². The van der Waals surface area contributed by atoms with Gasteiger partial charge in [-0.2, -0.15) is 0 Å². The number of hydrogen-bond donors (Lipinski definition) is 1. The molecule has 1 aliphatic heterocycles. The Bertz CT molecular complexity index is 610. The van der Waals surface area contributed by atoms with Gasteiger partial charge in [0.25, 0.3) is 0 Å². The zero-order valence-corrected chi connectivity index (χ0v) is 15.9. The van der Waals surface area contributed by atoms with Crippen molar-refractivity contribution in [2.45, 2.75) is 26.3 Å². The van der Waals surface area contributed by atoms with Gasteiger partial charge in [-0.25, -0.2) is 9.59 Å². The van der Waals surface area contributed by atoms with E-state index >= 15 is 0 Å². The molecule has 0 spiro atoms. The highest BCUT2D eigenvalue weighted by atomic mass is 16.5. The summed E-state index contributed by atoms with van der Waals surface area (Å²) in [4.78, 5) is 28.4. The summed E-state index contributed by atoms with van der Waals surface area (Å²) < 4.78 is 4.83. The molecule has 1 saturated heterocycles. The molecular weight excluding hydrogens is 330 g/mol. The van der Waals surface area contributed by atoms with E-state index in [9.17, 15) is 9.59 Å². The number of amides is 2. The van der Waals surface area contributed by atoms with Crippen molar-refractivity contribution in [1.29, 1.82) is 0 Å². The molecule has 1 fully saturated rings. The molecule has 0 bridgehead atoms. The molecule has 0 aromatic heterocycles. The maximum Gasteiger partial charge on any atom is 0.328 e. The Labute approximate surface area is 155 Å². The van der Waals surface area contributed by atoms with E-state index in [0.717, 1.165) is 25.1 Å². The van der Waals surface area contributed by atoms with E-state index < -0.39 is 12.0 Å². The molecule has 2 rings (SSSR count). The highest BCUT2D eigenvalue weighted by Gasteiger charge is 2.29. The minimum absolute atomic E-state index is 0.0292. The lowest BCUT2D eigenvalue weighted by molar-refractivity contribution is -0.144. The lowest BCUT2D eigenvalue weighted by Crippen LogP contribution is -2.55. The molecule has 1 heterocycles. The predicted molar refractivity (Wildman–Crippen MR) is 102 cm³/mol. The monoisotopic (exact) mass is 359 g/mol. The van der Waals surface area contributed by atoms with Crippen LogP contribution in [0.5, 0.6) is 0 Å². The van der Waals surface area contributed by atoms with Crippen molar-refractivity contribution in [3.8, 4) is 0 Å². The van der Waals surface area contributed by atoms with E-state index in [4.69, 9.17) is 4.74 Å². The van der Waals surface area contributed by atoms with Gasteiger partial charge in [0.15, 0.2) is 0 Å². The topological polar surface area (TPSA) is 61.9 Å². The maximum absolute atomic E-state index is 12.5. The number of esters is 1. The number of urea groups is 1. The van der Waals surface area contributed by atoms with Crippen molar-refractivity contribution in [2.24, 2.45) is 5.92 Å². The Morgan fingerprint density at radius 3 is 2.42 bits per heavy atom. The van der Waals surface area contributed by atoms with Crippen LogP contribution >= 0.6 is 0 Å². The SMILES string of the molecule is CCC(C)C(NC(=O)N1CCN(C=Cc2ccccc2)CC1)C(=O)OC. The Morgan fingerprint density at radius 1 is 1.19 bits per heavy atom. The molecule has 0 saturated carbocycles. The van der Waals surface area contributed by atoms with E-state index in [1.165, 1.54) is 7.11 Å². The van der Waals surface area contributed by atoms with Gasteiger partial charge in [-0.3, -0.25) is 0 Å². The van der Waals surface area contributed by atoms with Gasteiger partial charge >= 0.3 is 12.0 Å². The van der Waals surface area contributed by atoms with Gasteiger partial charge in [-0.05, 0) is 23.8 Å². The first kappa shape index (κ1) is 19.8. The highest BCUT2D eigenvalue weighted by molar-refractivity contribution is 5.83. The first-order valence-electron chi connectivity index (χ1n) is 9.15. The number of nitrogens with one attached hydrogen (secondary N) is 1. The fraction of sp³-hybridized carbons (Fsp3) is 0.500. The summed E-state index contributed by atoms with van der Waals surface area (Å²) in [6.07, 6.45) is 4.94. The summed E-state index contributed by atoms with van der Waals surface area (Å²) in [6, 6.07) is 9.33. The fourth-order valence-corrected chi connectivity index (χ4v) is 2.85. The van der Waals surface area contributed by atoms with Gasteiger partial charge in [0.1, 0.15) is 6.04 Å². The van der Waals surface area contributed by atoms with Crippen LogP contribution in [0.1, 0.15) is 25.8 Å². The first-order valence-corrected chi connectivity index (χ1v) is 9.15. The Hall–Kier alpha value is -2.50. The van der Waals surface area contributed by atoms with Crippen molar-refractivity contribution in [3.05, 3.63) is 42.1 Å². The average Bonchev–Trinajstić information content (AvgIpc) is 2.70. The van der Waals surface area contributed by atoms with E-state index in [1.807, 2.05) is 32.0 Å². The molecule has 0 radical (unpaired) electrons. The number of rotatable bonds is 6. The second-order valence-electron chi connectivity index (χ2n) is 6.59. The Morgan fingerprint density at radius 2 is 1.85 bits per heavy atom. The third kappa shape index (κ3) is 5.51. The molecule has 0 aliphatic carbocycles. The summed E-state index contributed by atoms with van der Waals surface area (Å²) in [6.45, 7) is 6.71. The van der Waals surface area contributed by atoms with Crippen LogP contribution in [-0.2, 0) is 9.53 Å². The van der Waals surface area contributed by atoms with Crippen molar-refractivity contribution >= 4 is 18.1 Å². The minimum Gasteiger partial charge on any atom is -0.467 e. The highest BCUT2D eigenvalue weighted by Crippen LogP contribution is 2.11. The third-order valence-corrected chi connectivity index (χ3v) is 4.83. The van der Waals surface area contributed by atoms with Gasteiger partial charge in [0.2, 0.25) is 0 Å². The number of carbonyl (C=O) groups excluding carboxylic acids is 2. The standard InChI is InChI=1S/C20H29N3O3/c1-4-16(2)18(19(24)26-3)21-20(25)23-14-12-22(13-15-23)11-10-17-8-6-5-7-9-17/h5-11,16,18H,4,12-15H2,1-3H3,(H,21,25). The van der Waals surface area contributed by atoms with Crippen molar-refractivity contribution < 1.29 is 14.3 Å². The number of methoxy groups -OCH3 is 1. The molecule has 1 aromatic carbocycles. The summed E-state index contributed by atoms with van der Waals surface area (Å²) in [7, 11) is 1.35. The number of carbonyl (C=O) groups is 2. The Kier molecular flexibility index (Phi) is 7.51. The lowest BCUT2D eigenvalue weighted by atomic mass is 9.99. The van der Waals surface area contributed by atoms with Gasteiger partial charge in [0, 0.05) is 26.2 Å². The van der Waals surface area contributed by atoms with Crippen LogP contribution in [0.4, 0.5) is 4.79 Å². The molecule has 2 unspecified atom stereocenters. The lowest BCUT2D eigenvalue weighted by Gasteiger charge is -2.35. The average molecular weight is 359 g/mol. The molecule has 1 aliphatic rings. The van der Waals surface area contributed by atoms with Crippen LogP contribution in [0.3, 0.4) is 0 Å². The number of piperazine rings is 1. The van der Waals surface area contributed by atoms with E-state index in [2.05, 4.69) is 34.6 Å². The zero-order chi connectivity index (χ0) is 18.9. The van der Waals surface area contributed by atoms with E-state index in [1.54, 1.807) is 4.90 Å². The number of benzene rings is 1. The first-order chi connectivity index (χ1) is 12.5. The molecule has 2 amide bonds. The smallest absolute Gasteiger partial charge is 0.328 e. The molecule has 6 nitrogen and oxygen atoms in total. The summed E-state index contributed by atoms with van der Waals surface area (Å²) in [5, 5.41) is 2.84. The second kappa shape index (κ2) is 9.85. The van der Waals surface area contributed by atoms with Crippen LogP contribution in [-0.4, -0.2) is 61.1 Å². The minimum atomic E-state index is -0.603. The maximum atomic E-state index is 12.5. The zero-order valence-electron chi connectivity index (χ0n) is 15.9. The van der Waals surface area contributed by atoms with Crippen molar-refractivity contribution in [1.82, 2.24) is 15.1 Å². The fourth-order valence-electron chi connectivity index (χ4n) is 2.85. The van der Waals surface area contributed by atoms with Crippen LogP contribution in [0.25, 0.3) is 6.08 Å². The van der Waals surface area contributed by atoms with Crippen LogP contribution in [0.2, 0.25) is 0 Å². The largest absolute Gasteiger partial charge is 0.467 e. The molecule has 26 heavy (non-hydrogen) atoms. The summed E-state index contributed by atoms with van der Waals surface area (Å²) in [5.41, 5.74) is 1.15. The third-order valence-electron chi connectivity index (χ3n) is 4.83. The number of ether oxygens (including phenoxy) is 1. The van der Waals surface area contributed by atoms with Gasteiger partial charge in [-0.1, -0.05) is 50.6 Å².